The van der Waals surface area contributed by atoms with E-state index in [0.29, 0.717) is 24.4 Å². The number of thiophene rings is 1. The van der Waals surface area contributed by atoms with Crippen molar-refractivity contribution in [2.45, 2.75) is 43.5 Å². The minimum atomic E-state index is -3.39. The maximum absolute atomic E-state index is 12.6. The molecule has 2 heterocycles. The molecule has 1 aliphatic heterocycles. The van der Waals surface area contributed by atoms with Crippen molar-refractivity contribution in [3.8, 4) is 0 Å². The van der Waals surface area contributed by atoms with Crippen molar-refractivity contribution in [2.24, 2.45) is 0 Å². The summed E-state index contributed by atoms with van der Waals surface area (Å²) in [6.45, 7) is 2.57. The Bertz CT molecular complexity index is 540. The monoisotopic (exact) mass is 316 g/mol. The van der Waals surface area contributed by atoms with Crippen molar-refractivity contribution in [3.05, 3.63) is 16.8 Å². The van der Waals surface area contributed by atoms with Crippen LogP contribution in [0.5, 0.6) is 0 Å². The molecular formula is C13H20N2O3S2. The molecule has 1 atom stereocenters. The third-order valence-corrected chi connectivity index (χ3v) is 6.31. The standard InChI is InChI=1S/C13H20N2O3S2/c1-11(16)14-7-5-12-4-2-3-8-15(12)20(17,18)13-6-9-19-10-13/h6,9-10,12H,2-5,7-8H2,1H3,(H,14,16)/t12-/m0/s1. The first-order chi connectivity index (χ1) is 9.51. The number of rotatable bonds is 5. The molecule has 7 heteroatoms. The summed E-state index contributed by atoms with van der Waals surface area (Å²) >= 11 is 1.39. The van der Waals surface area contributed by atoms with Crippen LogP contribution in [-0.4, -0.2) is 37.8 Å². The molecule has 2 rings (SSSR count). The predicted molar refractivity (Wildman–Crippen MR) is 79.2 cm³/mol. The zero-order valence-corrected chi connectivity index (χ0v) is 13.2. The van der Waals surface area contributed by atoms with Gasteiger partial charge < -0.3 is 5.32 Å². The molecule has 1 saturated heterocycles. The van der Waals surface area contributed by atoms with Gasteiger partial charge in [-0.3, -0.25) is 4.79 Å². The lowest BCUT2D eigenvalue weighted by Crippen LogP contribution is -2.44. The highest BCUT2D eigenvalue weighted by Crippen LogP contribution is 2.27. The van der Waals surface area contributed by atoms with Crippen molar-refractivity contribution in [1.82, 2.24) is 9.62 Å². The molecular weight excluding hydrogens is 296 g/mol. The van der Waals surface area contributed by atoms with E-state index in [1.165, 1.54) is 18.3 Å². The van der Waals surface area contributed by atoms with Gasteiger partial charge in [0, 0.05) is 31.4 Å². The highest BCUT2D eigenvalue weighted by atomic mass is 32.2. The second kappa shape index (κ2) is 6.69. The third kappa shape index (κ3) is 3.59. The maximum atomic E-state index is 12.6. The summed E-state index contributed by atoms with van der Waals surface area (Å²) in [6, 6.07) is 1.64. The molecule has 0 aliphatic carbocycles. The molecule has 0 bridgehead atoms. The largest absolute Gasteiger partial charge is 0.356 e. The van der Waals surface area contributed by atoms with Crippen LogP contribution in [0.2, 0.25) is 0 Å². The van der Waals surface area contributed by atoms with E-state index < -0.39 is 10.0 Å². The number of hydrogen-bond acceptors (Lipinski definition) is 4. The van der Waals surface area contributed by atoms with Crippen molar-refractivity contribution < 1.29 is 13.2 Å². The molecule has 1 aromatic heterocycles. The Labute approximate surface area is 124 Å². The van der Waals surface area contributed by atoms with Crippen LogP contribution >= 0.6 is 11.3 Å². The Morgan fingerprint density at radius 2 is 2.30 bits per heavy atom. The zero-order valence-electron chi connectivity index (χ0n) is 11.5. The first-order valence-electron chi connectivity index (χ1n) is 6.80. The molecule has 1 N–H and O–H groups in total. The van der Waals surface area contributed by atoms with Gasteiger partial charge in [0.15, 0.2) is 0 Å². The van der Waals surface area contributed by atoms with E-state index >= 15 is 0 Å². The normalized spacial score (nSPS) is 20.8. The van der Waals surface area contributed by atoms with Crippen molar-refractivity contribution in [2.75, 3.05) is 13.1 Å². The molecule has 0 unspecified atom stereocenters. The van der Waals surface area contributed by atoms with Crippen LogP contribution in [0.4, 0.5) is 0 Å². The molecule has 0 saturated carbocycles. The second-order valence-electron chi connectivity index (χ2n) is 5.00. The first-order valence-corrected chi connectivity index (χ1v) is 9.18. The van der Waals surface area contributed by atoms with E-state index in [4.69, 9.17) is 0 Å². The van der Waals surface area contributed by atoms with Crippen molar-refractivity contribution in [1.29, 1.82) is 0 Å². The topological polar surface area (TPSA) is 66.5 Å². The van der Waals surface area contributed by atoms with E-state index in [9.17, 15) is 13.2 Å². The van der Waals surface area contributed by atoms with E-state index in [0.717, 1.165) is 19.3 Å². The number of carbonyl (C=O) groups excluding carboxylic acids is 1. The van der Waals surface area contributed by atoms with E-state index in [2.05, 4.69) is 5.32 Å². The Morgan fingerprint density at radius 1 is 1.50 bits per heavy atom. The van der Waals surface area contributed by atoms with Crippen molar-refractivity contribution >= 4 is 27.3 Å². The van der Waals surface area contributed by atoms with E-state index in [-0.39, 0.29) is 11.9 Å². The van der Waals surface area contributed by atoms with E-state index in [1.54, 1.807) is 21.1 Å². The number of nitrogens with one attached hydrogen (secondary N) is 1. The smallest absolute Gasteiger partial charge is 0.244 e. The fourth-order valence-electron chi connectivity index (χ4n) is 2.53. The van der Waals surface area contributed by atoms with Crippen LogP contribution in [-0.2, 0) is 14.8 Å². The lowest BCUT2D eigenvalue weighted by atomic mass is 10.0. The summed E-state index contributed by atoms with van der Waals surface area (Å²) < 4.78 is 26.8. The summed E-state index contributed by atoms with van der Waals surface area (Å²) in [4.78, 5) is 11.3. The lowest BCUT2D eigenvalue weighted by molar-refractivity contribution is -0.119. The van der Waals surface area contributed by atoms with Crippen LogP contribution in [0.15, 0.2) is 21.7 Å². The molecule has 0 spiro atoms. The maximum Gasteiger partial charge on any atom is 0.244 e. The van der Waals surface area contributed by atoms with Crippen molar-refractivity contribution in [3.63, 3.8) is 0 Å². The molecule has 1 amide bonds. The van der Waals surface area contributed by atoms with Crippen LogP contribution in [0.3, 0.4) is 0 Å². The quantitative estimate of drug-likeness (QED) is 0.901. The minimum Gasteiger partial charge on any atom is -0.356 e. The van der Waals surface area contributed by atoms with Gasteiger partial charge in [0.25, 0.3) is 0 Å². The van der Waals surface area contributed by atoms with Gasteiger partial charge in [-0.25, -0.2) is 8.42 Å². The summed E-state index contributed by atoms with van der Waals surface area (Å²) in [5.41, 5.74) is 0. The Hall–Kier alpha value is -0.920. The lowest BCUT2D eigenvalue weighted by Gasteiger charge is -2.34. The average molecular weight is 316 g/mol. The molecule has 5 nitrogen and oxygen atoms in total. The predicted octanol–water partition coefficient (Wildman–Crippen LogP) is 1.82. The molecule has 0 aromatic carbocycles. The number of amides is 1. The first kappa shape index (κ1) is 15.5. The van der Waals surface area contributed by atoms with Gasteiger partial charge in [-0.15, -0.1) is 0 Å². The minimum absolute atomic E-state index is 0.0134. The number of piperidine rings is 1. The summed E-state index contributed by atoms with van der Waals surface area (Å²) in [5, 5.41) is 6.20. The molecule has 0 radical (unpaired) electrons. The van der Waals surface area contributed by atoms with Gasteiger partial charge in [-0.2, -0.15) is 15.6 Å². The second-order valence-corrected chi connectivity index (χ2v) is 7.67. The average Bonchev–Trinajstić information content (AvgIpc) is 2.93. The van der Waals surface area contributed by atoms with Crippen LogP contribution in [0, 0.1) is 0 Å². The fourth-order valence-corrected chi connectivity index (χ4v) is 5.27. The van der Waals surface area contributed by atoms with Gasteiger partial charge in [-0.05, 0) is 30.7 Å². The van der Waals surface area contributed by atoms with Gasteiger partial charge in [-0.1, -0.05) is 6.42 Å². The summed E-state index contributed by atoms with van der Waals surface area (Å²) in [6.07, 6.45) is 3.48. The zero-order chi connectivity index (χ0) is 14.6. The highest BCUT2D eigenvalue weighted by Gasteiger charge is 2.33. The number of hydrogen-bond donors (Lipinski definition) is 1. The number of carbonyl (C=O) groups is 1. The van der Waals surface area contributed by atoms with Crippen LogP contribution in [0.1, 0.15) is 32.6 Å². The third-order valence-electron chi connectivity index (χ3n) is 3.53. The molecule has 1 aliphatic rings. The molecule has 1 aromatic rings. The summed E-state index contributed by atoms with van der Waals surface area (Å²) in [5.74, 6) is -0.0759. The van der Waals surface area contributed by atoms with Gasteiger partial charge in [0.05, 0.1) is 4.90 Å². The highest BCUT2D eigenvalue weighted by molar-refractivity contribution is 7.89. The fraction of sp³-hybridized carbons (Fsp3) is 0.615. The van der Waals surface area contributed by atoms with Gasteiger partial charge >= 0.3 is 0 Å². The molecule has 1 fully saturated rings. The number of sulfonamides is 1. The Kier molecular flexibility index (Phi) is 5.17. The Balaban J connectivity index is 2.08. The van der Waals surface area contributed by atoms with Gasteiger partial charge in [0.1, 0.15) is 0 Å². The Morgan fingerprint density at radius 3 is 2.95 bits per heavy atom. The number of nitrogens with zero attached hydrogens (tertiary/aromatic N) is 1. The SMILES string of the molecule is CC(=O)NCC[C@@H]1CCCCN1S(=O)(=O)c1ccsc1. The molecule has 20 heavy (non-hydrogen) atoms. The van der Waals surface area contributed by atoms with Crippen LogP contribution < -0.4 is 5.32 Å². The summed E-state index contributed by atoms with van der Waals surface area (Å²) in [7, 11) is -3.39. The van der Waals surface area contributed by atoms with Gasteiger partial charge in [0.2, 0.25) is 15.9 Å². The van der Waals surface area contributed by atoms with Crippen LogP contribution in [0.25, 0.3) is 0 Å². The molecule has 112 valence electrons. The van der Waals surface area contributed by atoms with E-state index in [1.807, 2.05) is 0 Å².